The van der Waals surface area contributed by atoms with Crippen molar-refractivity contribution < 1.29 is 14.3 Å². The van der Waals surface area contributed by atoms with E-state index >= 15 is 0 Å². The van der Waals surface area contributed by atoms with Crippen molar-refractivity contribution in [2.45, 2.75) is 13.3 Å². The molecular formula is C13H17NO3. The molecule has 0 bridgehead atoms. The number of nitrogens with zero attached hydrogens (tertiary/aromatic N) is 1. The first-order valence-corrected chi connectivity index (χ1v) is 5.49. The van der Waals surface area contributed by atoms with Crippen molar-refractivity contribution in [2.24, 2.45) is 0 Å². The average Bonchev–Trinajstić information content (AvgIpc) is 2.35. The maximum atomic E-state index is 11.3. The second-order valence-corrected chi connectivity index (χ2v) is 3.75. The quantitative estimate of drug-likeness (QED) is 0.722. The fraction of sp³-hybridized carbons (Fsp3) is 0.385. The Morgan fingerprint density at radius 3 is 2.41 bits per heavy atom. The maximum absolute atomic E-state index is 11.3. The van der Waals surface area contributed by atoms with Gasteiger partial charge in [-0.25, -0.2) is 0 Å². The van der Waals surface area contributed by atoms with Crippen LogP contribution in [0.5, 0.6) is 0 Å². The number of hydrogen-bond acceptors (Lipinski definition) is 3. The number of ether oxygens (including phenoxy) is 1. The Morgan fingerprint density at radius 1 is 1.24 bits per heavy atom. The molecule has 1 rings (SSSR count). The third-order valence-electron chi connectivity index (χ3n) is 2.51. The highest BCUT2D eigenvalue weighted by Crippen LogP contribution is 2.02. The van der Waals surface area contributed by atoms with Crippen molar-refractivity contribution in [3.63, 3.8) is 0 Å². The zero-order valence-corrected chi connectivity index (χ0v) is 10.2. The zero-order chi connectivity index (χ0) is 12.7. The second-order valence-electron chi connectivity index (χ2n) is 3.75. The molecule has 0 saturated carbocycles. The lowest BCUT2D eigenvalue weighted by atomic mass is 10.1. The molecule has 0 radical (unpaired) electrons. The largest absolute Gasteiger partial charge is 0.468 e. The third-order valence-corrected chi connectivity index (χ3v) is 2.51. The van der Waals surface area contributed by atoms with Gasteiger partial charge in [0.15, 0.2) is 0 Å². The number of amides is 1. The SMILES string of the molecule is COC(=O)CN(CCc1ccccc1)C(C)=O. The molecule has 1 aromatic rings. The molecule has 4 nitrogen and oxygen atoms in total. The summed E-state index contributed by atoms with van der Waals surface area (Å²) in [6.45, 7) is 1.99. The lowest BCUT2D eigenvalue weighted by Gasteiger charge is -2.19. The van der Waals surface area contributed by atoms with Crippen molar-refractivity contribution >= 4 is 11.9 Å². The average molecular weight is 235 g/mol. The molecule has 1 aromatic carbocycles. The van der Waals surface area contributed by atoms with Crippen LogP contribution in [0.4, 0.5) is 0 Å². The molecule has 17 heavy (non-hydrogen) atoms. The Hall–Kier alpha value is -1.84. The van der Waals surface area contributed by atoms with E-state index in [2.05, 4.69) is 4.74 Å². The number of esters is 1. The van der Waals surface area contributed by atoms with E-state index in [1.165, 1.54) is 18.9 Å². The summed E-state index contributed by atoms with van der Waals surface area (Å²) in [7, 11) is 1.32. The molecular weight excluding hydrogens is 218 g/mol. The monoisotopic (exact) mass is 235 g/mol. The molecule has 4 heteroatoms. The van der Waals surface area contributed by atoms with Gasteiger partial charge in [0.2, 0.25) is 5.91 Å². The minimum Gasteiger partial charge on any atom is -0.468 e. The van der Waals surface area contributed by atoms with Gasteiger partial charge in [-0.1, -0.05) is 30.3 Å². The highest BCUT2D eigenvalue weighted by molar-refractivity contribution is 5.80. The van der Waals surface area contributed by atoms with Gasteiger partial charge in [-0.2, -0.15) is 0 Å². The van der Waals surface area contributed by atoms with Crippen molar-refractivity contribution in [1.29, 1.82) is 0 Å². The minimum atomic E-state index is -0.395. The van der Waals surface area contributed by atoms with E-state index in [0.717, 1.165) is 12.0 Å². The van der Waals surface area contributed by atoms with Crippen LogP contribution in [0.2, 0.25) is 0 Å². The highest BCUT2D eigenvalue weighted by atomic mass is 16.5. The Morgan fingerprint density at radius 2 is 1.88 bits per heavy atom. The summed E-state index contributed by atoms with van der Waals surface area (Å²) in [5, 5.41) is 0. The van der Waals surface area contributed by atoms with E-state index in [-0.39, 0.29) is 12.5 Å². The number of rotatable bonds is 5. The number of benzene rings is 1. The van der Waals surface area contributed by atoms with Crippen molar-refractivity contribution in [3.05, 3.63) is 35.9 Å². The van der Waals surface area contributed by atoms with E-state index in [0.29, 0.717) is 6.54 Å². The van der Waals surface area contributed by atoms with Gasteiger partial charge in [-0.05, 0) is 12.0 Å². The topological polar surface area (TPSA) is 46.6 Å². The summed E-state index contributed by atoms with van der Waals surface area (Å²) in [5.74, 6) is -0.514. The van der Waals surface area contributed by atoms with Gasteiger partial charge >= 0.3 is 5.97 Å². The molecule has 0 N–H and O–H groups in total. The third kappa shape index (κ3) is 4.68. The Labute approximate surface area is 101 Å². The van der Waals surface area contributed by atoms with Gasteiger partial charge < -0.3 is 9.64 Å². The van der Waals surface area contributed by atoms with Gasteiger partial charge in [0.1, 0.15) is 6.54 Å². The lowest BCUT2D eigenvalue weighted by Crippen LogP contribution is -2.36. The van der Waals surface area contributed by atoms with Gasteiger partial charge in [-0.3, -0.25) is 9.59 Å². The second kappa shape index (κ2) is 6.68. The van der Waals surface area contributed by atoms with Gasteiger partial charge in [0.05, 0.1) is 7.11 Å². The first kappa shape index (κ1) is 13.2. The molecule has 1 amide bonds. The van der Waals surface area contributed by atoms with Crippen LogP contribution >= 0.6 is 0 Å². The number of carbonyl (C=O) groups excluding carboxylic acids is 2. The summed E-state index contributed by atoms with van der Waals surface area (Å²) in [6, 6.07) is 9.84. The first-order chi connectivity index (χ1) is 8.13. The Balaban J connectivity index is 2.50. The summed E-state index contributed by atoms with van der Waals surface area (Å²) in [5.41, 5.74) is 1.14. The van der Waals surface area contributed by atoms with Crippen molar-refractivity contribution in [3.8, 4) is 0 Å². The van der Waals surface area contributed by atoms with Crippen molar-refractivity contribution in [2.75, 3.05) is 20.2 Å². The van der Waals surface area contributed by atoms with Crippen LogP contribution in [0, 0.1) is 0 Å². The molecule has 0 fully saturated rings. The molecule has 0 saturated heterocycles. The Bertz CT molecular complexity index is 376. The van der Waals surface area contributed by atoms with E-state index in [1.54, 1.807) is 0 Å². The van der Waals surface area contributed by atoms with Crippen LogP contribution in [0.1, 0.15) is 12.5 Å². The molecule has 0 aliphatic heterocycles. The van der Waals surface area contributed by atoms with E-state index < -0.39 is 5.97 Å². The minimum absolute atomic E-state index is 0.0126. The van der Waals surface area contributed by atoms with Crippen LogP contribution in [-0.4, -0.2) is 37.0 Å². The maximum Gasteiger partial charge on any atom is 0.325 e. The van der Waals surface area contributed by atoms with Crippen LogP contribution in [0.3, 0.4) is 0 Å². The van der Waals surface area contributed by atoms with Gasteiger partial charge in [0.25, 0.3) is 0 Å². The number of carbonyl (C=O) groups is 2. The van der Waals surface area contributed by atoms with Gasteiger partial charge in [-0.15, -0.1) is 0 Å². The molecule has 0 unspecified atom stereocenters. The smallest absolute Gasteiger partial charge is 0.325 e. The first-order valence-electron chi connectivity index (χ1n) is 5.49. The molecule has 0 heterocycles. The van der Waals surface area contributed by atoms with Gasteiger partial charge in [0, 0.05) is 13.5 Å². The normalized spacial score (nSPS) is 9.76. The summed E-state index contributed by atoms with van der Waals surface area (Å²) in [6.07, 6.45) is 0.734. The molecule has 0 aliphatic rings. The van der Waals surface area contributed by atoms with E-state index in [1.807, 2.05) is 30.3 Å². The number of methoxy groups -OCH3 is 1. The van der Waals surface area contributed by atoms with E-state index in [4.69, 9.17) is 0 Å². The van der Waals surface area contributed by atoms with Crippen molar-refractivity contribution in [1.82, 2.24) is 4.90 Å². The highest BCUT2D eigenvalue weighted by Gasteiger charge is 2.13. The van der Waals surface area contributed by atoms with Crippen LogP contribution in [-0.2, 0) is 20.7 Å². The van der Waals surface area contributed by atoms with Crippen LogP contribution in [0.25, 0.3) is 0 Å². The number of hydrogen-bond donors (Lipinski definition) is 0. The summed E-state index contributed by atoms with van der Waals surface area (Å²) >= 11 is 0. The summed E-state index contributed by atoms with van der Waals surface area (Å²) < 4.78 is 4.55. The molecule has 0 aromatic heterocycles. The molecule has 0 spiro atoms. The van der Waals surface area contributed by atoms with Crippen LogP contribution in [0.15, 0.2) is 30.3 Å². The van der Waals surface area contributed by atoms with Crippen LogP contribution < -0.4 is 0 Å². The predicted octanol–water partition coefficient (Wildman–Crippen LogP) is 1.25. The fourth-order valence-corrected chi connectivity index (χ4v) is 1.48. The molecule has 92 valence electrons. The summed E-state index contributed by atoms with van der Waals surface area (Å²) in [4.78, 5) is 23.9. The fourth-order valence-electron chi connectivity index (χ4n) is 1.48. The molecule has 0 aliphatic carbocycles. The predicted molar refractivity (Wildman–Crippen MR) is 64.4 cm³/mol. The van der Waals surface area contributed by atoms with E-state index in [9.17, 15) is 9.59 Å². The molecule has 0 atom stereocenters. The Kier molecular flexibility index (Phi) is 5.20. The lowest BCUT2D eigenvalue weighted by molar-refractivity contribution is -0.146. The standard InChI is InChI=1S/C13H17NO3/c1-11(15)14(10-13(16)17-2)9-8-12-6-4-3-5-7-12/h3-7H,8-10H2,1-2H3. The zero-order valence-electron chi connectivity index (χ0n) is 10.2.